The monoisotopic (exact) mass is 310 g/mol. The number of nitrogens with zero attached hydrogens (tertiary/aromatic N) is 2. The SMILES string of the molecule is COc1ccc(/C(C#N)=C\c2ccc(OC)c([N+](=O)[O-])c2)cc1. The van der Waals surface area contributed by atoms with Crippen molar-refractivity contribution in [3.8, 4) is 17.6 Å². The largest absolute Gasteiger partial charge is 0.497 e. The van der Waals surface area contributed by atoms with Crippen molar-refractivity contribution in [2.45, 2.75) is 0 Å². The van der Waals surface area contributed by atoms with E-state index in [1.807, 2.05) is 0 Å². The number of hydrogen-bond donors (Lipinski definition) is 0. The molecule has 23 heavy (non-hydrogen) atoms. The first-order valence-electron chi connectivity index (χ1n) is 6.67. The highest BCUT2D eigenvalue weighted by atomic mass is 16.6. The van der Waals surface area contributed by atoms with Crippen LogP contribution in [0.4, 0.5) is 5.69 Å². The lowest BCUT2D eigenvalue weighted by Crippen LogP contribution is -1.94. The summed E-state index contributed by atoms with van der Waals surface area (Å²) in [6.07, 6.45) is 1.59. The third-order valence-electron chi connectivity index (χ3n) is 3.23. The minimum absolute atomic E-state index is 0.145. The summed E-state index contributed by atoms with van der Waals surface area (Å²) in [6, 6.07) is 13.6. The summed E-state index contributed by atoms with van der Waals surface area (Å²) in [5.74, 6) is 0.862. The van der Waals surface area contributed by atoms with E-state index in [2.05, 4.69) is 6.07 Å². The van der Waals surface area contributed by atoms with Crippen LogP contribution in [0.1, 0.15) is 11.1 Å². The first-order valence-corrected chi connectivity index (χ1v) is 6.67. The van der Waals surface area contributed by atoms with Gasteiger partial charge in [-0.3, -0.25) is 10.1 Å². The van der Waals surface area contributed by atoms with Crippen molar-refractivity contribution >= 4 is 17.3 Å². The van der Waals surface area contributed by atoms with Gasteiger partial charge in [0, 0.05) is 6.07 Å². The first-order chi connectivity index (χ1) is 11.1. The molecule has 116 valence electrons. The molecule has 0 saturated carbocycles. The van der Waals surface area contributed by atoms with E-state index in [4.69, 9.17) is 9.47 Å². The van der Waals surface area contributed by atoms with Gasteiger partial charge in [0.05, 0.1) is 30.8 Å². The number of methoxy groups -OCH3 is 2. The molecule has 6 heteroatoms. The van der Waals surface area contributed by atoms with Gasteiger partial charge in [-0.25, -0.2) is 0 Å². The van der Waals surface area contributed by atoms with Crippen LogP contribution in [0.2, 0.25) is 0 Å². The smallest absolute Gasteiger partial charge is 0.311 e. The zero-order valence-corrected chi connectivity index (χ0v) is 12.6. The molecule has 6 nitrogen and oxygen atoms in total. The van der Waals surface area contributed by atoms with Gasteiger partial charge >= 0.3 is 5.69 Å². The molecule has 2 aromatic rings. The van der Waals surface area contributed by atoms with Crippen molar-refractivity contribution < 1.29 is 14.4 Å². The predicted molar refractivity (Wildman–Crippen MR) is 86.1 cm³/mol. The fourth-order valence-electron chi connectivity index (χ4n) is 2.06. The summed E-state index contributed by atoms with van der Waals surface area (Å²) >= 11 is 0. The van der Waals surface area contributed by atoms with Crippen molar-refractivity contribution in [2.24, 2.45) is 0 Å². The molecule has 0 amide bonds. The van der Waals surface area contributed by atoms with Crippen molar-refractivity contribution in [2.75, 3.05) is 14.2 Å². The van der Waals surface area contributed by atoms with Crippen LogP contribution >= 0.6 is 0 Å². The number of nitriles is 1. The van der Waals surface area contributed by atoms with Crippen molar-refractivity contribution in [1.29, 1.82) is 5.26 Å². The minimum Gasteiger partial charge on any atom is -0.497 e. The lowest BCUT2D eigenvalue weighted by Gasteiger charge is -2.04. The van der Waals surface area contributed by atoms with Crippen LogP contribution in [-0.2, 0) is 0 Å². The maximum atomic E-state index is 11.1. The second-order valence-corrected chi connectivity index (χ2v) is 4.59. The molecular formula is C17H14N2O4. The Morgan fingerprint density at radius 1 is 1.17 bits per heavy atom. The standard InChI is InChI=1S/C17H14N2O4/c1-22-15-6-4-13(5-7-15)14(11-18)9-12-3-8-17(23-2)16(10-12)19(20)21/h3-10H,1-2H3/b14-9-. The minimum atomic E-state index is -0.518. The Morgan fingerprint density at radius 3 is 2.39 bits per heavy atom. The highest BCUT2D eigenvalue weighted by molar-refractivity contribution is 5.90. The molecule has 2 rings (SSSR count). The number of benzene rings is 2. The van der Waals surface area contributed by atoms with E-state index in [9.17, 15) is 15.4 Å². The fraction of sp³-hybridized carbons (Fsp3) is 0.118. The summed E-state index contributed by atoms with van der Waals surface area (Å²) in [6.45, 7) is 0. The zero-order chi connectivity index (χ0) is 16.8. The van der Waals surface area contributed by atoms with Crippen LogP contribution in [0.25, 0.3) is 11.6 Å². The van der Waals surface area contributed by atoms with Gasteiger partial charge in [-0.1, -0.05) is 6.07 Å². The Bertz CT molecular complexity index is 789. The van der Waals surface area contributed by atoms with E-state index < -0.39 is 4.92 Å². The highest BCUT2D eigenvalue weighted by Gasteiger charge is 2.14. The van der Waals surface area contributed by atoms with Crippen molar-refractivity contribution in [1.82, 2.24) is 0 Å². The fourth-order valence-corrected chi connectivity index (χ4v) is 2.06. The van der Waals surface area contributed by atoms with E-state index in [-0.39, 0.29) is 11.4 Å². The third kappa shape index (κ3) is 3.66. The number of rotatable bonds is 5. The molecule has 0 atom stereocenters. The Labute approximate surface area is 133 Å². The van der Waals surface area contributed by atoms with E-state index in [1.165, 1.54) is 19.2 Å². The normalized spacial score (nSPS) is 10.7. The summed E-state index contributed by atoms with van der Waals surface area (Å²) < 4.78 is 10.0. The van der Waals surface area contributed by atoms with Gasteiger partial charge in [0.1, 0.15) is 5.75 Å². The molecule has 0 spiro atoms. The van der Waals surface area contributed by atoms with Crippen LogP contribution in [0.15, 0.2) is 42.5 Å². The lowest BCUT2D eigenvalue weighted by molar-refractivity contribution is -0.385. The van der Waals surface area contributed by atoms with E-state index in [0.29, 0.717) is 22.4 Å². The van der Waals surface area contributed by atoms with Crippen LogP contribution < -0.4 is 9.47 Å². The summed E-state index contributed by atoms with van der Waals surface area (Å²) in [5.41, 5.74) is 1.50. The lowest BCUT2D eigenvalue weighted by atomic mass is 10.0. The van der Waals surface area contributed by atoms with Crippen LogP contribution in [0, 0.1) is 21.4 Å². The molecular weight excluding hydrogens is 296 g/mol. The van der Waals surface area contributed by atoms with Crippen molar-refractivity contribution in [3.63, 3.8) is 0 Å². The molecule has 0 bridgehead atoms. The Balaban J connectivity index is 2.43. The maximum Gasteiger partial charge on any atom is 0.311 e. The average Bonchev–Trinajstić information content (AvgIpc) is 2.59. The number of allylic oxidation sites excluding steroid dienone is 1. The summed E-state index contributed by atoms with van der Waals surface area (Å²) in [4.78, 5) is 10.5. The van der Waals surface area contributed by atoms with Gasteiger partial charge in [-0.05, 0) is 47.5 Å². The Morgan fingerprint density at radius 2 is 1.87 bits per heavy atom. The van der Waals surface area contributed by atoms with E-state index in [1.54, 1.807) is 43.5 Å². The van der Waals surface area contributed by atoms with Gasteiger partial charge in [0.15, 0.2) is 5.75 Å². The zero-order valence-electron chi connectivity index (χ0n) is 12.6. The van der Waals surface area contributed by atoms with Gasteiger partial charge in [0.2, 0.25) is 0 Å². The van der Waals surface area contributed by atoms with Crippen LogP contribution in [0.3, 0.4) is 0 Å². The summed E-state index contributed by atoms with van der Waals surface area (Å²) in [5, 5.41) is 20.4. The summed E-state index contributed by atoms with van der Waals surface area (Å²) in [7, 11) is 2.93. The topological polar surface area (TPSA) is 85.4 Å². The van der Waals surface area contributed by atoms with Crippen LogP contribution in [-0.4, -0.2) is 19.1 Å². The Kier molecular flexibility index (Phi) is 4.95. The number of nitro benzene ring substituents is 1. The second-order valence-electron chi connectivity index (χ2n) is 4.59. The number of nitro groups is 1. The highest BCUT2D eigenvalue weighted by Crippen LogP contribution is 2.29. The quantitative estimate of drug-likeness (QED) is 0.364. The molecule has 0 unspecified atom stereocenters. The molecule has 0 aliphatic carbocycles. The third-order valence-corrected chi connectivity index (χ3v) is 3.23. The predicted octanol–water partition coefficient (Wildman–Crippen LogP) is 3.68. The molecule has 2 aromatic carbocycles. The number of ether oxygens (including phenoxy) is 2. The van der Waals surface area contributed by atoms with Gasteiger partial charge in [-0.15, -0.1) is 0 Å². The number of hydrogen-bond acceptors (Lipinski definition) is 5. The van der Waals surface area contributed by atoms with Gasteiger partial charge in [0.25, 0.3) is 0 Å². The maximum absolute atomic E-state index is 11.1. The van der Waals surface area contributed by atoms with Crippen molar-refractivity contribution in [3.05, 3.63) is 63.7 Å². The molecule has 0 heterocycles. The molecule has 0 radical (unpaired) electrons. The van der Waals surface area contributed by atoms with E-state index >= 15 is 0 Å². The Hall–Kier alpha value is -3.33. The van der Waals surface area contributed by atoms with Gasteiger partial charge < -0.3 is 9.47 Å². The molecule has 0 aliphatic rings. The first kappa shape index (κ1) is 16.0. The average molecular weight is 310 g/mol. The molecule has 0 fully saturated rings. The van der Waals surface area contributed by atoms with Crippen LogP contribution in [0.5, 0.6) is 11.5 Å². The molecule has 0 saturated heterocycles. The second kappa shape index (κ2) is 7.09. The van der Waals surface area contributed by atoms with E-state index in [0.717, 1.165) is 0 Å². The molecule has 0 aliphatic heterocycles. The molecule has 0 N–H and O–H groups in total. The van der Waals surface area contributed by atoms with Gasteiger partial charge in [-0.2, -0.15) is 5.26 Å². The molecule has 0 aromatic heterocycles.